The van der Waals surface area contributed by atoms with E-state index in [1.807, 2.05) is 11.4 Å². The first-order valence-electron chi connectivity index (χ1n) is 4.85. The highest BCUT2D eigenvalue weighted by Gasteiger charge is 2.08. The van der Waals surface area contributed by atoms with Crippen LogP contribution in [0.25, 0.3) is 10.2 Å². The molecule has 0 aliphatic carbocycles. The van der Waals surface area contributed by atoms with Gasteiger partial charge in [-0.25, -0.2) is 4.98 Å². The molecule has 0 spiro atoms. The summed E-state index contributed by atoms with van der Waals surface area (Å²) in [4.78, 5) is 9.08. The molecule has 0 unspecified atom stereocenters. The summed E-state index contributed by atoms with van der Waals surface area (Å²) in [5.41, 5.74) is 0. The van der Waals surface area contributed by atoms with Crippen LogP contribution in [0.1, 0.15) is 19.8 Å². The third-order valence-corrected chi connectivity index (χ3v) is 2.98. The number of halogens is 1. The molecule has 2 rings (SSSR count). The van der Waals surface area contributed by atoms with E-state index in [0.717, 1.165) is 23.1 Å². The van der Waals surface area contributed by atoms with Crippen LogP contribution in [0.15, 0.2) is 11.4 Å². The van der Waals surface area contributed by atoms with E-state index < -0.39 is 0 Å². The Morgan fingerprint density at radius 2 is 2.33 bits per heavy atom. The minimum atomic E-state index is 0.247. The van der Waals surface area contributed by atoms with E-state index in [9.17, 15) is 0 Å². The minimum absolute atomic E-state index is 0.247. The Labute approximate surface area is 97.1 Å². The zero-order chi connectivity index (χ0) is 10.7. The van der Waals surface area contributed by atoms with Gasteiger partial charge in [-0.3, -0.25) is 0 Å². The van der Waals surface area contributed by atoms with Crippen LogP contribution in [-0.4, -0.2) is 16.6 Å². The fraction of sp³-hybridized carbons (Fsp3) is 0.400. The predicted molar refractivity (Wildman–Crippen MR) is 62.8 cm³/mol. The molecule has 0 aromatic carbocycles. The summed E-state index contributed by atoms with van der Waals surface area (Å²) in [5, 5.41) is 3.15. The molecule has 2 aromatic heterocycles. The summed E-state index contributed by atoms with van der Waals surface area (Å²) >= 11 is 7.34. The molecule has 0 amide bonds. The SMILES string of the molecule is CCCCOc1nc(Cl)nc2sccc12. The molecule has 80 valence electrons. The summed E-state index contributed by atoms with van der Waals surface area (Å²) in [6, 6.07) is 1.96. The lowest BCUT2D eigenvalue weighted by molar-refractivity contribution is 0.301. The Kier molecular flexibility index (Phi) is 3.38. The molecule has 0 bridgehead atoms. The topological polar surface area (TPSA) is 35.0 Å². The molecule has 0 atom stereocenters. The first kappa shape index (κ1) is 10.6. The number of hydrogen-bond donors (Lipinski definition) is 0. The van der Waals surface area contributed by atoms with Gasteiger partial charge in [0.25, 0.3) is 0 Å². The molecule has 0 N–H and O–H groups in total. The van der Waals surface area contributed by atoms with Crippen LogP contribution in [-0.2, 0) is 0 Å². The van der Waals surface area contributed by atoms with E-state index in [-0.39, 0.29) is 5.28 Å². The third kappa shape index (κ3) is 2.38. The summed E-state index contributed by atoms with van der Waals surface area (Å²) in [6.45, 7) is 2.80. The Balaban J connectivity index is 2.27. The van der Waals surface area contributed by atoms with Gasteiger partial charge in [0, 0.05) is 0 Å². The summed E-state index contributed by atoms with van der Waals surface area (Å²) in [6.07, 6.45) is 2.12. The highest BCUT2D eigenvalue weighted by Crippen LogP contribution is 2.27. The molecule has 2 heterocycles. The van der Waals surface area contributed by atoms with Gasteiger partial charge in [-0.15, -0.1) is 11.3 Å². The number of hydrogen-bond acceptors (Lipinski definition) is 4. The van der Waals surface area contributed by atoms with Gasteiger partial charge in [0.05, 0.1) is 12.0 Å². The molecule has 5 heteroatoms. The van der Waals surface area contributed by atoms with Crippen LogP contribution in [0.3, 0.4) is 0 Å². The lowest BCUT2D eigenvalue weighted by Gasteiger charge is -2.05. The van der Waals surface area contributed by atoms with Crippen LogP contribution < -0.4 is 4.74 Å². The molecule has 0 saturated carbocycles. The second-order valence-corrected chi connectivity index (χ2v) is 4.37. The Morgan fingerprint density at radius 3 is 3.13 bits per heavy atom. The predicted octanol–water partition coefficient (Wildman–Crippen LogP) is 3.52. The van der Waals surface area contributed by atoms with E-state index in [1.165, 1.54) is 11.3 Å². The standard InChI is InChI=1S/C10H11ClN2OS/c1-2-3-5-14-8-7-4-6-15-9(7)13-10(11)12-8/h4,6H,2-3,5H2,1H3. The highest BCUT2D eigenvalue weighted by molar-refractivity contribution is 7.16. The van der Waals surface area contributed by atoms with Crippen LogP contribution >= 0.6 is 22.9 Å². The quantitative estimate of drug-likeness (QED) is 0.608. The van der Waals surface area contributed by atoms with Gasteiger partial charge in [0.2, 0.25) is 11.2 Å². The molecular formula is C10H11ClN2OS. The molecule has 0 saturated heterocycles. The average molecular weight is 243 g/mol. The van der Waals surface area contributed by atoms with Crippen molar-refractivity contribution in [1.29, 1.82) is 0 Å². The third-order valence-electron chi connectivity index (χ3n) is 2.00. The summed E-state index contributed by atoms with van der Waals surface area (Å²) in [7, 11) is 0. The van der Waals surface area contributed by atoms with Crippen LogP contribution in [0, 0.1) is 0 Å². The maximum Gasteiger partial charge on any atom is 0.227 e. The minimum Gasteiger partial charge on any atom is -0.477 e. The second-order valence-electron chi connectivity index (χ2n) is 3.14. The maximum atomic E-state index is 5.80. The van der Waals surface area contributed by atoms with Crippen molar-refractivity contribution >= 4 is 33.2 Å². The van der Waals surface area contributed by atoms with E-state index in [4.69, 9.17) is 16.3 Å². The number of fused-ring (bicyclic) bond motifs is 1. The van der Waals surface area contributed by atoms with Crippen molar-refractivity contribution in [2.24, 2.45) is 0 Å². The Morgan fingerprint density at radius 1 is 1.47 bits per heavy atom. The molecule has 0 aliphatic heterocycles. The van der Waals surface area contributed by atoms with Gasteiger partial charge in [-0.1, -0.05) is 13.3 Å². The zero-order valence-electron chi connectivity index (χ0n) is 8.36. The summed E-state index contributed by atoms with van der Waals surface area (Å²) in [5.74, 6) is 0.597. The van der Waals surface area contributed by atoms with Crippen molar-refractivity contribution in [2.45, 2.75) is 19.8 Å². The normalized spacial score (nSPS) is 10.8. The van der Waals surface area contributed by atoms with Crippen LogP contribution in [0.4, 0.5) is 0 Å². The van der Waals surface area contributed by atoms with Crippen molar-refractivity contribution in [2.75, 3.05) is 6.61 Å². The fourth-order valence-electron chi connectivity index (χ4n) is 1.23. The largest absolute Gasteiger partial charge is 0.477 e. The van der Waals surface area contributed by atoms with Gasteiger partial charge < -0.3 is 4.74 Å². The zero-order valence-corrected chi connectivity index (χ0v) is 9.94. The lowest BCUT2D eigenvalue weighted by Crippen LogP contribution is -1.99. The molecule has 2 aromatic rings. The molecule has 0 radical (unpaired) electrons. The molecule has 15 heavy (non-hydrogen) atoms. The van der Waals surface area contributed by atoms with Crippen molar-refractivity contribution in [1.82, 2.24) is 9.97 Å². The highest BCUT2D eigenvalue weighted by atomic mass is 35.5. The number of unbranched alkanes of at least 4 members (excludes halogenated alkanes) is 1. The van der Waals surface area contributed by atoms with Crippen molar-refractivity contribution in [3.63, 3.8) is 0 Å². The molecular weight excluding hydrogens is 232 g/mol. The number of thiophene rings is 1. The van der Waals surface area contributed by atoms with Crippen molar-refractivity contribution in [3.8, 4) is 5.88 Å². The van der Waals surface area contributed by atoms with Crippen LogP contribution in [0.5, 0.6) is 5.88 Å². The van der Waals surface area contributed by atoms with Gasteiger partial charge in [-0.05, 0) is 29.5 Å². The first-order valence-corrected chi connectivity index (χ1v) is 6.10. The second kappa shape index (κ2) is 4.77. The Hall–Kier alpha value is -0.870. The van der Waals surface area contributed by atoms with Crippen LogP contribution in [0.2, 0.25) is 5.28 Å². The van der Waals surface area contributed by atoms with E-state index in [2.05, 4.69) is 16.9 Å². The van der Waals surface area contributed by atoms with Crippen molar-refractivity contribution in [3.05, 3.63) is 16.7 Å². The van der Waals surface area contributed by atoms with Crippen molar-refractivity contribution < 1.29 is 4.74 Å². The monoisotopic (exact) mass is 242 g/mol. The number of rotatable bonds is 4. The number of nitrogens with zero attached hydrogens (tertiary/aromatic N) is 2. The maximum absolute atomic E-state index is 5.80. The van der Waals surface area contributed by atoms with Gasteiger partial charge in [0.15, 0.2) is 0 Å². The van der Waals surface area contributed by atoms with E-state index >= 15 is 0 Å². The molecule has 0 aliphatic rings. The number of ether oxygens (including phenoxy) is 1. The van der Waals surface area contributed by atoms with E-state index in [0.29, 0.717) is 12.5 Å². The molecule has 0 fully saturated rings. The van der Waals surface area contributed by atoms with Gasteiger partial charge >= 0.3 is 0 Å². The molecule has 3 nitrogen and oxygen atoms in total. The van der Waals surface area contributed by atoms with Gasteiger partial charge in [-0.2, -0.15) is 4.98 Å². The number of aromatic nitrogens is 2. The first-order chi connectivity index (χ1) is 7.31. The lowest BCUT2D eigenvalue weighted by atomic mass is 10.3. The van der Waals surface area contributed by atoms with Gasteiger partial charge in [0.1, 0.15) is 4.83 Å². The smallest absolute Gasteiger partial charge is 0.227 e. The average Bonchev–Trinajstić information content (AvgIpc) is 2.65. The van der Waals surface area contributed by atoms with E-state index in [1.54, 1.807) is 0 Å². The fourth-order valence-corrected chi connectivity index (χ4v) is 2.19. The summed E-state index contributed by atoms with van der Waals surface area (Å²) < 4.78 is 5.57. The Bertz CT molecular complexity index is 458.